The summed E-state index contributed by atoms with van der Waals surface area (Å²) in [4.78, 5) is 1.32. The Morgan fingerprint density at radius 3 is 2.94 bits per heavy atom. The van der Waals surface area contributed by atoms with Crippen LogP contribution >= 0.6 is 11.3 Å². The van der Waals surface area contributed by atoms with E-state index >= 15 is 0 Å². The summed E-state index contributed by atoms with van der Waals surface area (Å²) in [6, 6.07) is 4.83. The van der Waals surface area contributed by atoms with Crippen LogP contribution in [0.1, 0.15) is 32.1 Å². The minimum absolute atomic E-state index is 0.271. The van der Waals surface area contributed by atoms with Gasteiger partial charge in [-0.1, -0.05) is 26.8 Å². The maximum absolute atomic E-state index is 5.98. The highest BCUT2D eigenvalue weighted by Crippen LogP contribution is 2.43. The molecule has 0 spiro atoms. The molecule has 1 aliphatic rings. The van der Waals surface area contributed by atoms with Gasteiger partial charge in [-0.25, -0.2) is 0 Å². The van der Waals surface area contributed by atoms with Gasteiger partial charge in [-0.05, 0) is 24.4 Å². The predicted octanol–water partition coefficient (Wildman–Crippen LogP) is 3.04. The lowest BCUT2D eigenvalue weighted by atomic mass is 9.64. The molecule has 1 N–H and O–H groups in total. The van der Waals surface area contributed by atoms with Crippen LogP contribution in [0.25, 0.3) is 0 Å². The van der Waals surface area contributed by atoms with E-state index in [1.165, 1.54) is 4.88 Å². The second-order valence-corrected chi connectivity index (χ2v) is 6.08. The van der Waals surface area contributed by atoms with E-state index in [4.69, 9.17) is 4.74 Å². The van der Waals surface area contributed by atoms with Crippen LogP contribution in [0.3, 0.4) is 0 Å². The largest absolute Gasteiger partial charge is 0.372 e. The van der Waals surface area contributed by atoms with Crippen molar-refractivity contribution in [2.24, 2.45) is 5.41 Å². The number of hydrogen-bond acceptors (Lipinski definition) is 3. The Morgan fingerprint density at radius 2 is 2.38 bits per heavy atom. The SMILES string of the molecule is CCNC1CC(OCc2cccs2)C1(C)C. The van der Waals surface area contributed by atoms with Crippen molar-refractivity contribution in [1.82, 2.24) is 5.32 Å². The van der Waals surface area contributed by atoms with Gasteiger partial charge in [0, 0.05) is 16.3 Å². The van der Waals surface area contributed by atoms with Crippen molar-refractivity contribution in [2.45, 2.75) is 45.9 Å². The van der Waals surface area contributed by atoms with Crippen LogP contribution in [0, 0.1) is 5.41 Å². The highest BCUT2D eigenvalue weighted by atomic mass is 32.1. The first-order valence-corrected chi connectivity index (χ1v) is 6.90. The van der Waals surface area contributed by atoms with Gasteiger partial charge in [0.05, 0.1) is 12.7 Å². The summed E-state index contributed by atoms with van der Waals surface area (Å²) in [5, 5.41) is 5.62. The monoisotopic (exact) mass is 239 g/mol. The molecule has 1 heterocycles. The van der Waals surface area contributed by atoms with Gasteiger partial charge in [-0.3, -0.25) is 0 Å². The predicted molar refractivity (Wildman–Crippen MR) is 68.8 cm³/mol. The Bertz CT molecular complexity index is 321. The first kappa shape index (κ1) is 12.1. The van der Waals surface area contributed by atoms with Gasteiger partial charge >= 0.3 is 0 Å². The summed E-state index contributed by atoms with van der Waals surface area (Å²) in [6.07, 6.45) is 1.55. The molecule has 2 unspecified atom stereocenters. The third-order valence-electron chi connectivity index (χ3n) is 3.64. The van der Waals surface area contributed by atoms with Crippen molar-refractivity contribution >= 4 is 11.3 Å². The molecule has 2 nitrogen and oxygen atoms in total. The summed E-state index contributed by atoms with van der Waals surface area (Å²) < 4.78 is 5.98. The molecule has 1 aromatic rings. The molecule has 2 rings (SSSR count). The molecule has 2 atom stereocenters. The minimum Gasteiger partial charge on any atom is -0.372 e. The highest BCUT2D eigenvalue weighted by Gasteiger charge is 2.48. The fourth-order valence-corrected chi connectivity index (χ4v) is 2.96. The molecule has 0 aromatic carbocycles. The zero-order valence-electron chi connectivity index (χ0n) is 10.3. The van der Waals surface area contributed by atoms with Crippen molar-refractivity contribution in [3.63, 3.8) is 0 Å². The molecule has 0 radical (unpaired) electrons. The summed E-state index contributed by atoms with van der Waals surface area (Å²) in [5.41, 5.74) is 0.271. The van der Waals surface area contributed by atoms with Crippen LogP contribution in [-0.4, -0.2) is 18.7 Å². The Kier molecular flexibility index (Phi) is 3.67. The molecule has 0 bridgehead atoms. The molecule has 16 heavy (non-hydrogen) atoms. The second kappa shape index (κ2) is 4.86. The van der Waals surface area contributed by atoms with E-state index < -0.39 is 0 Å². The van der Waals surface area contributed by atoms with Gasteiger partial charge in [0.2, 0.25) is 0 Å². The van der Waals surface area contributed by atoms with E-state index in [0.29, 0.717) is 12.1 Å². The van der Waals surface area contributed by atoms with Crippen molar-refractivity contribution in [3.05, 3.63) is 22.4 Å². The number of thiophene rings is 1. The molecule has 90 valence electrons. The zero-order valence-corrected chi connectivity index (χ0v) is 11.1. The van der Waals surface area contributed by atoms with E-state index in [9.17, 15) is 0 Å². The number of hydrogen-bond donors (Lipinski definition) is 1. The lowest BCUT2D eigenvalue weighted by Gasteiger charge is -2.51. The van der Waals surface area contributed by atoms with Crippen LogP contribution in [-0.2, 0) is 11.3 Å². The highest BCUT2D eigenvalue weighted by molar-refractivity contribution is 7.09. The second-order valence-electron chi connectivity index (χ2n) is 5.05. The summed E-state index contributed by atoms with van der Waals surface area (Å²) in [6.45, 7) is 8.57. The lowest BCUT2D eigenvalue weighted by Crippen LogP contribution is -2.60. The van der Waals surface area contributed by atoms with Crippen LogP contribution in [0.5, 0.6) is 0 Å². The topological polar surface area (TPSA) is 21.3 Å². The Balaban J connectivity index is 1.80. The van der Waals surface area contributed by atoms with Crippen molar-refractivity contribution < 1.29 is 4.74 Å². The Labute approximate surface area is 102 Å². The van der Waals surface area contributed by atoms with Crippen LogP contribution in [0.2, 0.25) is 0 Å². The van der Waals surface area contributed by atoms with E-state index in [2.05, 4.69) is 43.6 Å². The summed E-state index contributed by atoms with van der Waals surface area (Å²) in [5.74, 6) is 0. The quantitative estimate of drug-likeness (QED) is 0.852. The van der Waals surface area contributed by atoms with Gasteiger partial charge in [0.15, 0.2) is 0 Å². The Hall–Kier alpha value is -0.380. The standard InChI is InChI=1S/C13H21NOS/c1-4-14-11-8-12(13(11,2)3)15-9-10-6-5-7-16-10/h5-7,11-12,14H,4,8-9H2,1-3H3. The zero-order chi connectivity index (χ0) is 11.6. The van der Waals surface area contributed by atoms with Gasteiger partial charge in [0.1, 0.15) is 0 Å². The molecule has 3 heteroatoms. The number of rotatable bonds is 5. The van der Waals surface area contributed by atoms with Gasteiger partial charge in [0.25, 0.3) is 0 Å². The van der Waals surface area contributed by atoms with Gasteiger partial charge in [-0.15, -0.1) is 11.3 Å². The molecule has 1 saturated carbocycles. The van der Waals surface area contributed by atoms with E-state index in [1.54, 1.807) is 11.3 Å². The first-order valence-electron chi connectivity index (χ1n) is 6.02. The fourth-order valence-electron chi connectivity index (χ4n) is 2.34. The van der Waals surface area contributed by atoms with Crippen molar-refractivity contribution in [2.75, 3.05) is 6.54 Å². The molecule has 1 aromatic heterocycles. The summed E-state index contributed by atoms with van der Waals surface area (Å²) in [7, 11) is 0. The molecule has 1 fully saturated rings. The summed E-state index contributed by atoms with van der Waals surface area (Å²) >= 11 is 1.77. The molecule has 0 saturated heterocycles. The molecule has 0 amide bonds. The van der Waals surface area contributed by atoms with Crippen LogP contribution in [0.15, 0.2) is 17.5 Å². The van der Waals surface area contributed by atoms with E-state index in [0.717, 1.165) is 19.6 Å². The third-order valence-corrected chi connectivity index (χ3v) is 4.49. The normalized spacial score (nSPS) is 27.7. The molecule has 1 aliphatic carbocycles. The van der Waals surface area contributed by atoms with Gasteiger partial charge < -0.3 is 10.1 Å². The van der Waals surface area contributed by atoms with E-state index in [-0.39, 0.29) is 5.41 Å². The van der Waals surface area contributed by atoms with Crippen molar-refractivity contribution in [1.29, 1.82) is 0 Å². The Morgan fingerprint density at radius 1 is 1.56 bits per heavy atom. The van der Waals surface area contributed by atoms with E-state index in [1.807, 2.05) is 0 Å². The number of ether oxygens (including phenoxy) is 1. The van der Waals surface area contributed by atoms with Gasteiger partial charge in [-0.2, -0.15) is 0 Å². The molecular formula is C13H21NOS. The maximum atomic E-state index is 5.98. The lowest BCUT2D eigenvalue weighted by molar-refractivity contribution is -0.123. The fraction of sp³-hybridized carbons (Fsp3) is 0.692. The van der Waals surface area contributed by atoms with Crippen LogP contribution < -0.4 is 5.32 Å². The number of nitrogens with one attached hydrogen (secondary N) is 1. The maximum Gasteiger partial charge on any atom is 0.0813 e. The smallest absolute Gasteiger partial charge is 0.0813 e. The van der Waals surface area contributed by atoms with Crippen molar-refractivity contribution in [3.8, 4) is 0 Å². The van der Waals surface area contributed by atoms with Crippen LogP contribution in [0.4, 0.5) is 0 Å². The average molecular weight is 239 g/mol. The molecule has 0 aliphatic heterocycles. The molecular weight excluding hydrogens is 218 g/mol. The third kappa shape index (κ3) is 2.31. The average Bonchev–Trinajstić information content (AvgIpc) is 2.75. The first-order chi connectivity index (χ1) is 7.64. The minimum atomic E-state index is 0.271.